The summed E-state index contributed by atoms with van der Waals surface area (Å²) in [7, 11) is 0. The molecule has 0 N–H and O–H groups in total. The largest absolute Gasteiger partial charge is 0.268 e. The molecule has 0 unspecified atom stereocenters. The molecular weight excluding hydrogens is 260 g/mol. The molecule has 0 saturated heterocycles. The van der Waals surface area contributed by atoms with Crippen LogP contribution in [-0.2, 0) is 0 Å². The summed E-state index contributed by atoms with van der Waals surface area (Å²) in [5.74, 6) is 0.763. The minimum atomic E-state index is 0.0124. The normalized spacial score (nSPS) is 12.9. The molecule has 1 aliphatic heterocycles. The van der Waals surface area contributed by atoms with E-state index in [1.807, 2.05) is 48.5 Å². The average molecular weight is 270 g/mol. The maximum absolute atomic E-state index is 12.6. The predicted molar refractivity (Wildman–Crippen MR) is 82.4 cm³/mol. The van der Waals surface area contributed by atoms with Crippen LogP contribution in [0.25, 0.3) is 33.2 Å². The second-order valence-electron chi connectivity index (χ2n) is 5.31. The highest BCUT2D eigenvalue weighted by molar-refractivity contribution is 6.13. The van der Waals surface area contributed by atoms with E-state index in [1.165, 1.54) is 0 Å². The maximum atomic E-state index is 12.6. The van der Waals surface area contributed by atoms with Crippen LogP contribution in [0, 0.1) is 0 Å². The summed E-state index contributed by atoms with van der Waals surface area (Å²) in [6.45, 7) is 0. The Hall–Kier alpha value is -2.94. The molecule has 3 aromatic carbocycles. The molecular formula is C18H10N2O. The molecule has 0 fully saturated rings. The number of imidazole rings is 1. The predicted octanol–water partition coefficient (Wildman–Crippen LogP) is 3.86. The van der Waals surface area contributed by atoms with Crippen LogP contribution in [0.4, 0.5) is 0 Å². The fourth-order valence-corrected chi connectivity index (χ4v) is 3.13. The SMILES string of the molecule is O=C1c2ccccc2-c2nc3cc4ccccc4cc3n21. The van der Waals surface area contributed by atoms with Crippen molar-refractivity contribution in [2.45, 2.75) is 0 Å². The van der Waals surface area contributed by atoms with Gasteiger partial charge in [0.25, 0.3) is 5.91 Å². The summed E-state index contributed by atoms with van der Waals surface area (Å²) in [6, 6.07) is 19.9. The Bertz CT molecular complexity index is 1060. The van der Waals surface area contributed by atoms with Crippen LogP contribution in [0.15, 0.2) is 60.7 Å². The summed E-state index contributed by atoms with van der Waals surface area (Å²) in [6.07, 6.45) is 0. The molecule has 1 aliphatic rings. The van der Waals surface area contributed by atoms with E-state index in [-0.39, 0.29) is 5.91 Å². The van der Waals surface area contributed by atoms with Gasteiger partial charge in [-0.05, 0) is 29.0 Å². The lowest BCUT2D eigenvalue weighted by atomic mass is 10.1. The molecule has 4 aromatic rings. The van der Waals surface area contributed by atoms with Gasteiger partial charge in [0.1, 0.15) is 5.82 Å². The Morgan fingerprint density at radius 1 is 0.810 bits per heavy atom. The van der Waals surface area contributed by atoms with Gasteiger partial charge in [0, 0.05) is 5.56 Å². The first-order valence-electron chi connectivity index (χ1n) is 6.88. The highest BCUT2D eigenvalue weighted by atomic mass is 16.2. The van der Waals surface area contributed by atoms with Crippen LogP contribution < -0.4 is 0 Å². The van der Waals surface area contributed by atoms with E-state index in [0.717, 1.165) is 38.8 Å². The molecule has 0 saturated carbocycles. The van der Waals surface area contributed by atoms with Gasteiger partial charge >= 0.3 is 0 Å². The van der Waals surface area contributed by atoms with Crippen molar-refractivity contribution in [1.82, 2.24) is 9.55 Å². The minimum absolute atomic E-state index is 0.0124. The third-order valence-corrected chi connectivity index (χ3v) is 4.12. The lowest BCUT2D eigenvalue weighted by molar-refractivity contribution is 0.0973. The van der Waals surface area contributed by atoms with Gasteiger partial charge in [-0.25, -0.2) is 4.98 Å². The van der Waals surface area contributed by atoms with E-state index in [1.54, 1.807) is 4.57 Å². The molecule has 1 aromatic heterocycles. The molecule has 0 radical (unpaired) electrons. The van der Waals surface area contributed by atoms with Crippen molar-refractivity contribution in [2.24, 2.45) is 0 Å². The highest BCUT2D eigenvalue weighted by Crippen LogP contribution is 2.35. The number of nitrogens with zero attached hydrogens (tertiary/aromatic N) is 2. The van der Waals surface area contributed by atoms with Crippen LogP contribution in [0.2, 0.25) is 0 Å². The number of carbonyl (C=O) groups excluding carboxylic acids is 1. The molecule has 5 rings (SSSR count). The first-order chi connectivity index (χ1) is 10.3. The van der Waals surface area contributed by atoms with Crippen LogP contribution in [0.1, 0.15) is 10.4 Å². The second-order valence-corrected chi connectivity index (χ2v) is 5.31. The summed E-state index contributed by atoms with van der Waals surface area (Å²) >= 11 is 0. The van der Waals surface area contributed by atoms with Gasteiger partial charge < -0.3 is 0 Å². The first-order valence-corrected chi connectivity index (χ1v) is 6.88. The monoisotopic (exact) mass is 270 g/mol. The summed E-state index contributed by atoms with van der Waals surface area (Å²) in [5.41, 5.74) is 3.40. The number of hydrogen-bond acceptors (Lipinski definition) is 2. The molecule has 0 atom stereocenters. The Morgan fingerprint density at radius 2 is 1.48 bits per heavy atom. The Balaban J connectivity index is 1.95. The quantitative estimate of drug-likeness (QED) is 0.428. The van der Waals surface area contributed by atoms with E-state index in [2.05, 4.69) is 17.1 Å². The van der Waals surface area contributed by atoms with E-state index in [4.69, 9.17) is 0 Å². The zero-order chi connectivity index (χ0) is 14.0. The number of carbonyl (C=O) groups is 1. The number of fused-ring (bicyclic) bond motifs is 6. The highest BCUT2D eigenvalue weighted by Gasteiger charge is 2.29. The lowest BCUT2D eigenvalue weighted by Gasteiger charge is -2.01. The van der Waals surface area contributed by atoms with Crippen molar-refractivity contribution in [3.8, 4) is 11.4 Å². The second kappa shape index (κ2) is 3.58. The topological polar surface area (TPSA) is 34.9 Å². The van der Waals surface area contributed by atoms with Gasteiger partial charge in [-0.2, -0.15) is 0 Å². The Labute approximate surface area is 120 Å². The Kier molecular flexibility index (Phi) is 1.84. The van der Waals surface area contributed by atoms with E-state index in [0.29, 0.717) is 0 Å². The number of hydrogen-bond donors (Lipinski definition) is 0. The molecule has 98 valence electrons. The van der Waals surface area contributed by atoms with Gasteiger partial charge in [-0.1, -0.05) is 42.5 Å². The van der Waals surface area contributed by atoms with Crippen molar-refractivity contribution < 1.29 is 4.79 Å². The van der Waals surface area contributed by atoms with Crippen molar-refractivity contribution in [3.63, 3.8) is 0 Å². The van der Waals surface area contributed by atoms with Gasteiger partial charge in [-0.15, -0.1) is 0 Å². The van der Waals surface area contributed by atoms with Crippen molar-refractivity contribution >= 4 is 27.7 Å². The number of benzene rings is 3. The molecule has 2 heterocycles. The average Bonchev–Trinajstić information content (AvgIpc) is 3.02. The zero-order valence-electron chi connectivity index (χ0n) is 11.1. The number of rotatable bonds is 0. The van der Waals surface area contributed by atoms with Crippen LogP contribution in [0.5, 0.6) is 0 Å². The molecule has 3 heteroatoms. The third kappa shape index (κ3) is 1.28. The fraction of sp³-hybridized carbons (Fsp3) is 0. The van der Waals surface area contributed by atoms with E-state index >= 15 is 0 Å². The van der Waals surface area contributed by atoms with Gasteiger partial charge in [0.05, 0.1) is 16.6 Å². The molecule has 21 heavy (non-hydrogen) atoms. The molecule has 3 nitrogen and oxygen atoms in total. The van der Waals surface area contributed by atoms with Crippen molar-refractivity contribution in [3.05, 3.63) is 66.2 Å². The van der Waals surface area contributed by atoms with Gasteiger partial charge in [0.2, 0.25) is 0 Å². The number of aromatic nitrogens is 2. The van der Waals surface area contributed by atoms with Crippen LogP contribution in [0.3, 0.4) is 0 Å². The standard InChI is InChI=1S/C18H10N2O/c21-18-14-8-4-3-7-13(14)17-19-15-9-11-5-1-2-6-12(11)10-16(15)20(17)18/h1-10H. The first kappa shape index (κ1) is 10.8. The van der Waals surface area contributed by atoms with E-state index in [9.17, 15) is 4.79 Å². The van der Waals surface area contributed by atoms with Crippen LogP contribution in [-0.4, -0.2) is 15.5 Å². The van der Waals surface area contributed by atoms with Crippen molar-refractivity contribution in [1.29, 1.82) is 0 Å². The smallest absolute Gasteiger partial charge is 0.264 e. The third-order valence-electron chi connectivity index (χ3n) is 4.12. The molecule has 0 amide bonds. The van der Waals surface area contributed by atoms with E-state index < -0.39 is 0 Å². The molecule has 0 spiro atoms. The fourth-order valence-electron chi connectivity index (χ4n) is 3.13. The lowest BCUT2D eigenvalue weighted by Crippen LogP contribution is -2.05. The summed E-state index contributed by atoms with van der Waals surface area (Å²) in [4.78, 5) is 17.3. The maximum Gasteiger partial charge on any atom is 0.264 e. The minimum Gasteiger partial charge on any atom is -0.268 e. The Morgan fingerprint density at radius 3 is 2.29 bits per heavy atom. The van der Waals surface area contributed by atoms with Gasteiger partial charge in [0.15, 0.2) is 0 Å². The molecule has 0 aliphatic carbocycles. The molecule has 0 bridgehead atoms. The van der Waals surface area contributed by atoms with Gasteiger partial charge in [-0.3, -0.25) is 9.36 Å². The zero-order valence-corrected chi connectivity index (χ0v) is 11.1. The summed E-state index contributed by atoms with van der Waals surface area (Å²) < 4.78 is 1.73. The van der Waals surface area contributed by atoms with Crippen LogP contribution >= 0.6 is 0 Å². The van der Waals surface area contributed by atoms with Crippen molar-refractivity contribution in [2.75, 3.05) is 0 Å². The summed E-state index contributed by atoms with van der Waals surface area (Å²) in [5, 5.41) is 2.26.